The molecular formula is C16H20F2O. The van der Waals surface area contributed by atoms with Gasteiger partial charge >= 0.3 is 0 Å². The van der Waals surface area contributed by atoms with Crippen molar-refractivity contribution >= 4 is 5.78 Å². The normalized spacial score (nSPS) is 17.8. The van der Waals surface area contributed by atoms with Gasteiger partial charge in [0.15, 0.2) is 11.6 Å². The van der Waals surface area contributed by atoms with E-state index in [0.29, 0.717) is 0 Å². The summed E-state index contributed by atoms with van der Waals surface area (Å²) in [7, 11) is 0. The van der Waals surface area contributed by atoms with Crippen LogP contribution in [0.25, 0.3) is 0 Å². The Labute approximate surface area is 113 Å². The molecule has 0 amide bonds. The Balaban J connectivity index is 2.01. The Kier molecular flexibility index (Phi) is 5.06. The Morgan fingerprint density at radius 2 is 1.68 bits per heavy atom. The van der Waals surface area contributed by atoms with Gasteiger partial charge in [0.25, 0.3) is 0 Å². The number of ketones is 1. The molecule has 2 rings (SSSR count). The fourth-order valence-electron chi connectivity index (χ4n) is 2.80. The molecule has 1 aliphatic carbocycles. The van der Waals surface area contributed by atoms with Crippen molar-refractivity contribution in [2.24, 2.45) is 5.92 Å². The molecule has 0 aromatic heterocycles. The van der Waals surface area contributed by atoms with Crippen LogP contribution in [0.2, 0.25) is 0 Å². The monoisotopic (exact) mass is 266 g/mol. The Bertz CT molecular complexity index is 434. The van der Waals surface area contributed by atoms with E-state index < -0.39 is 11.6 Å². The minimum absolute atomic E-state index is 0.0221. The molecule has 1 aromatic rings. The SMILES string of the molecule is O=C(Cc1cccc(F)c1F)C1CCCCCCC1. The quantitative estimate of drug-likeness (QED) is 0.790. The molecule has 3 heteroatoms. The van der Waals surface area contributed by atoms with Gasteiger partial charge in [-0.1, -0.05) is 44.2 Å². The number of carbonyl (C=O) groups is 1. The van der Waals surface area contributed by atoms with Gasteiger partial charge in [0.05, 0.1) is 0 Å². The third-order valence-corrected chi connectivity index (χ3v) is 3.96. The van der Waals surface area contributed by atoms with E-state index in [2.05, 4.69) is 0 Å². The molecule has 104 valence electrons. The van der Waals surface area contributed by atoms with Crippen LogP contribution < -0.4 is 0 Å². The fourth-order valence-corrected chi connectivity index (χ4v) is 2.80. The third-order valence-electron chi connectivity index (χ3n) is 3.96. The van der Waals surface area contributed by atoms with Gasteiger partial charge in [-0.3, -0.25) is 4.79 Å². The molecule has 1 fully saturated rings. The van der Waals surface area contributed by atoms with Crippen molar-refractivity contribution in [2.75, 3.05) is 0 Å². The molecule has 0 unspecified atom stereocenters. The molecule has 0 heterocycles. The minimum atomic E-state index is -0.873. The van der Waals surface area contributed by atoms with Gasteiger partial charge in [-0.2, -0.15) is 0 Å². The Morgan fingerprint density at radius 1 is 1.05 bits per heavy atom. The van der Waals surface area contributed by atoms with E-state index in [0.717, 1.165) is 31.7 Å². The smallest absolute Gasteiger partial charge is 0.162 e. The standard InChI is InChI=1S/C16H20F2O/c17-14-10-6-9-13(16(14)18)11-15(19)12-7-4-2-1-3-5-8-12/h6,9-10,12H,1-5,7-8,11H2. The summed E-state index contributed by atoms with van der Waals surface area (Å²) in [5.41, 5.74) is 0.187. The van der Waals surface area contributed by atoms with Gasteiger partial charge in [0, 0.05) is 12.3 Å². The highest BCUT2D eigenvalue weighted by Crippen LogP contribution is 2.24. The predicted molar refractivity (Wildman–Crippen MR) is 70.9 cm³/mol. The number of hydrogen-bond donors (Lipinski definition) is 0. The molecule has 1 nitrogen and oxygen atoms in total. The number of carbonyl (C=O) groups excluding carboxylic acids is 1. The zero-order valence-electron chi connectivity index (χ0n) is 11.1. The molecule has 0 saturated heterocycles. The van der Waals surface area contributed by atoms with E-state index in [4.69, 9.17) is 0 Å². The molecule has 0 radical (unpaired) electrons. The lowest BCUT2D eigenvalue weighted by Crippen LogP contribution is -2.19. The van der Waals surface area contributed by atoms with Crippen LogP contribution in [0.5, 0.6) is 0 Å². The molecule has 1 aliphatic rings. The van der Waals surface area contributed by atoms with Gasteiger partial charge in [-0.05, 0) is 24.5 Å². The summed E-state index contributed by atoms with van der Waals surface area (Å²) in [6, 6.07) is 4.04. The van der Waals surface area contributed by atoms with Crippen LogP contribution in [0.15, 0.2) is 18.2 Å². The highest BCUT2D eigenvalue weighted by atomic mass is 19.2. The van der Waals surface area contributed by atoms with Crippen molar-refractivity contribution in [2.45, 2.75) is 51.4 Å². The highest BCUT2D eigenvalue weighted by molar-refractivity contribution is 5.83. The van der Waals surface area contributed by atoms with E-state index >= 15 is 0 Å². The largest absolute Gasteiger partial charge is 0.299 e. The second kappa shape index (κ2) is 6.78. The number of Topliss-reactive ketones (excluding diaryl/α,β-unsaturated/α-hetero) is 1. The van der Waals surface area contributed by atoms with E-state index in [-0.39, 0.29) is 23.7 Å². The van der Waals surface area contributed by atoms with Crippen molar-refractivity contribution in [1.82, 2.24) is 0 Å². The summed E-state index contributed by atoms with van der Waals surface area (Å²) in [6.45, 7) is 0. The summed E-state index contributed by atoms with van der Waals surface area (Å²) in [4.78, 5) is 12.2. The molecule has 1 aromatic carbocycles. The molecule has 19 heavy (non-hydrogen) atoms. The predicted octanol–water partition coefficient (Wildman–Crippen LogP) is 4.44. The van der Waals surface area contributed by atoms with Gasteiger partial charge in [-0.25, -0.2) is 8.78 Å². The number of benzene rings is 1. The molecule has 0 spiro atoms. The fraction of sp³-hybridized carbons (Fsp3) is 0.562. The lowest BCUT2D eigenvalue weighted by molar-refractivity contribution is -0.122. The lowest BCUT2D eigenvalue weighted by Gasteiger charge is -2.18. The zero-order valence-corrected chi connectivity index (χ0v) is 11.1. The lowest BCUT2D eigenvalue weighted by atomic mass is 9.86. The van der Waals surface area contributed by atoms with Crippen LogP contribution in [0.3, 0.4) is 0 Å². The zero-order chi connectivity index (χ0) is 13.7. The second-order valence-electron chi connectivity index (χ2n) is 5.40. The van der Waals surface area contributed by atoms with Crippen LogP contribution >= 0.6 is 0 Å². The molecule has 0 aliphatic heterocycles. The van der Waals surface area contributed by atoms with Gasteiger partial charge in [0.2, 0.25) is 0 Å². The second-order valence-corrected chi connectivity index (χ2v) is 5.40. The van der Waals surface area contributed by atoms with Crippen LogP contribution in [-0.2, 0) is 11.2 Å². The first-order valence-corrected chi connectivity index (χ1v) is 7.14. The topological polar surface area (TPSA) is 17.1 Å². The van der Waals surface area contributed by atoms with Crippen molar-refractivity contribution in [3.05, 3.63) is 35.4 Å². The first-order valence-electron chi connectivity index (χ1n) is 7.14. The van der Waals surface area contributed by atoms with Crippen molar-refractivity contribution in [3.8, 4) is 0 Å². The maximum Gasteiger partial charge on any atom is 0.162 e. The maximum atomic E-state index is 13.5. The number of rotatable bonds is 3. The summed E-state index contributed by atoms with van der Waals surface area (Å²) < 4.78 is 26.7. The Hall–Kier alpha value is -1.25. The van der Waals surface area contributed by atoms with Crippen LogP contribution in [0, 0.1) is 17.6 Å². The van der Waals surface area contributed by atoms with Gasteiger partial charge < -0.3 is 0 Å². The van der Waals surface area contributed by atoms with E-state index in [9.17, 15) is 13.6 Å². The van der Waals surface area contributed by atoms with Crippen LogP contribution in [0.4, 0.5) is 8.78 Å². The molecular weight excluding hydrogens is 246 g/mol. The highest BCUT2D eigenvalue weighted by Gasteiger charge is 2.21. The molecule has 0 bridgehead atoms. The minimum Gasteiger partial charge on any atom is -0.299 e. The van der Waals surface area contributed by atoms with Gasteiger partial charge in [-0.15, -0.1) is 0 Å². The summed E-state index contributed by atoms with van der Waals surface area (Å²) in [5.74, 6) is -1.65. The van der Waals surface area contributed by atoms with Crippen molar-refractivity contribution in [1.29, 1.82) is 0 Å². The first-order chi connectivity index (χ1) is 9.18. The maximum absolute atomic E-state index is 13.5. The van der Waals surface area contributed by atoms with E-state index in [1.807, 2.05) is 0 Å². The number of halogens is 2. The van der Waals surface area contributed by atoms with E-state index in [1.165, 1.54) is 31.4 Å². The average molecular weight is 266 g/mol. The summed E-state index contributed by atoms with van der Waals surface area (Å²) in [6.07, 6.45) is 7.57. The molecule has 0 N–H and O–H groups in total. The van der Waals surface area contributed by atoms with Gasteiger partial charge in [0.1, 0.15) is 5.78 Å². The first kappa shape index (κ1) is 14.2. The third kappa shape index (κ3) is 3.85. The van der Waals surface area contributed by atoms with E-state index in [1.54, 1.807) is 0 Å². The van der Waals surface area contributed by atoms with Crippen LogP contribution in [0.1, 0.15) is 50.5 Å². The Morgan fingerprint density at radius 3 is 2.37 bits per heavy atom. The molecule has 0 atom stereocenters. The summed E-state index contributed by atoms with van der Waals surface area (Å²) >= 11 is 0. The summed E-state index contributed by atoms with van der Waals surface area (Å²) in [5, 5.41) is 0. The van der Waals surface area contributed by atoms with Crippen molar-refractivity contribution in [3.63, 3.8) is 0 Å². The van der Waals surface area contributed by atoms with Crippen LogP contribution in [-0.4, -0.2) is 5.78 Å². The molecule has 1 saturated carbocycles. The number of hydrogen-bond acceptors (Lipinski definition) is 1. The van der Waals surface area contributed by atoms with Crippen molar-refractivity contribution < 1.29 is 13.6 Å². The average Bonchev–Trinajstić information content (AvgIpc) is 2.34.